The lowest BCUT2D eigenvalue weighted by molar-refractivity contribution is 0.0386. The van der Waals surface area contributed by atoms with Gasteiger partial charge in [0, 0.05) is 42.9 Å². The molecule has 0 spiro atoms. The quantitative estimate of drug-likeness (QED) is 0.468. The van der Waals surface area contributed by atoms with Gasteiger partial charge < -0.3 is 19.4 Å². The lowest BCUT2D eigenvalue weighted by Gasteiger charge is -2.34. The fourth-order valence-electron chi connectivity index (χ4n) is 4.95. The Morgan fingerprint density at radius 3 is 2.70 bits per heavy atom. The van der Waals surface area contributed by atoms with Gasteiger partial charge in [0.25, 0.3) is 11.9 Å². The highest BCUT2D eigenvalue weighted by Gasteiger charge is 2.30. The summed E-state index contributed by atoms with van der Waals surface area (Å²) in [5.41, 5.74) is 3.07. The third-order valence-corrected chi connectivity index (χ3v) is 7.02. The van der Waals surface area contributed by atoms with Crippen LogP contribution in [-0.2, 0) is 11.3 Å². The van der Waals surface area contributed by atoms with E-state index in [1.807, 2.05) is 42.5 Å². The standard InChI is InChI=1S/C26H30ClN3O3/c27-21-5-3-4-19(14-21)16-28-26-29-23-15-20(8-9-24(23)33-26)25(31)30(22-6-1-2-7-22)17-18-10-12-32-13-11-18/h3-5,8-9,14-15,18,22H,1-2,6-7,10-13,16-17H2,(H,28,29). The Morgan fingerprint density at radius 1 is 1.09 bits per heavy atom. The van der Waals surface area contributed by atoms with Crippen molar-refractivity contribution in [3.8, 4) is 0 Å². The number of hydrogen-bond acceptors (Lipinski definition) is 5. The van der Waals surface area contributed by atoms with E-state index in [1.165, 1.54) is 12.8 Å². The number of nitrogens with one attached hydrogen (secondary N) is 1. The van der Waals surface area contributed by atoms with Crippen LogP contribution in [0.1, 0.15) is 54.4 Å². The molecule has 2 aliphatic rings. The second-order valence-corrected chi connectivity index (χ2v) is 9.57. The molecule has 1 aromatic heterocycles. The van der Waals surface area contributed by atoms with Crippen LogP contribution in [0.3, 0.4) is 0 Å². The van der Waals surface area contributed by atoms with Crippen molar-refractivity contribution in [1.29, 1.82) is 0 Å². The van der Waals surface area contributed by atoms with Gasteiger partial charge in [0.05, 0.1) is 0 Å². The van der Waals surface area contributed by atoms with E-state index in [0.717, 1.165) is 51.0 Å². The van der Waals surface area contributed by atoms with Crippen molar-refractivity contribution in [3.63, 3.8) is 0 Å². The summed E-state index contributed by atoms with van der Waals surface area (Å²) in [5, 5.41) is 3.90. The number of ether oxygens (including phenoxy) is 1. The van der Waals surface area contributed by atoms with E-state index >= 15 is 0 Å². The molecule has 1 saturated carbocycles. The van der Waals surface area contributed by atoms with Crippen molar-refractivity contribution in [2.75, 3.05) is 25.1 Å². The molecular weight excluding hydrogens is 438 g/mol. The Balaban J connectivity index is 1.32. The second kappa shape index (κ2) is 10.1. The van der Waals surface area contributed by atoms with Gasteiger partial charge in [-0.15, -0.1) is 0 Å². The number of fused-ring (bicyclic) bond motifs is 1. The normalized spacial score (nSPS) is 17.5. The number of nitrogens with zero attached hydrogens (tertiary/aromatic N) is 2. The maximum atomic E-state index is 13.6. The van der Waals surface area contributed by atoms with Crippen LogP contribution >= 0.6 is 11.6 Å². The van der Waals surface area contributed by atoms with Gasteiger partial charge in [-0.1, -0.05) is 36.6 Å². The lowest BCUT2D eigenvalue weighted by atomic mass is 9.98. The Labute approximate surface area is 199 Å². The largest absolute Gasteiger partial charge is 0.424 e. The minimum Gasteiger partial charge on any atom is -0.424 e. The summed E-state index contributed by atoms with van der Waals surface area (Å²) in [6.07, 6.45) is 6.65. The first-order valence-corrected chi connectivity index (χ1v) is 12.3. The molecule has 1 N–H and O–H groups in total. The van der Waals surface area contributed by atoms with Crippen LogP contribution in [0.5, 0.6) is 0 Å². The average molecular weight is 468 g/mol. The SMILES string of the molecule is O=C(c1ccc2oc(NCc3cccc(Cl)c3)nc2c1)N(CC1CCOCC1)C1CCCC1. The molecule has 0 radical (unpaired) electrons. The third-order valence-electron chi connectivity index (χ3n) is 6.79. The van der Waals surface area contributed by atoms with E-state index in [-0.39, 0.29) is 5.91 Å². The molecule has 1 aliphatic carbocycles. The Kier molecular flexibility index (Phi) is 6.83. The zero-order valence-electron chi connectivity index (χ0n) is 18.8. The number of hydrogen-bond donors (Lipinski definition) is 1. The number of rotatable bonds is 7. The first kappa shape index (κ1) is 22.2. The predicted octanol–water partition coefficient (Wildman–Crippen LogP) is 5.90. The van der Waals surface area contributed by atoms with Gasteiger partial charge in [0.1, 0.15) is 5.52 Å². The van der Waals surface area contributed by atoms with Gasteiger partial charge in [-0.25, -0.2) is 0 Å². The highest BCUT2D eigenvalue weighted by Crippen LogP contribution is 2.29. The molecule has 6 nitrogen and oxygen atoms in total. The van der Waals surface area contributed by atoms with E-state index in [0.29, 0.717) is 46.2 Å². The molecule has 7 heteroatoms. The van der Waals surface area contributed by atoms with Gasteiger partial charge in [-0.05, 0) is 67.5 Å². The molecule has 1 amide bonds. The van der Waals surface area contributed by atoms with E-state index in [1.54, 1.807) is 0 Å². The minimum atomic E-state index is 0.103. The summed E-state index contributed by atoms with van der Waals surface area (Å²) in [5.74, 6) is 0.619. The number of carbonyl (C=O) groups is 1. The third kappa shape index (κ3) is 5.33. The van der Waals surface area contributed by atoms with Gasteiger partial charge in [-0.3, -0.25) is 4.79 Å². The number of oxazole rings is 1. The van der Waals surface area contributed by atoms with E-state index < -0.39 is 0 Å². The van der Waals surface area contributed by atoms with Crippen LogP contribution in [0.15, 0.2) is 46.9 Å². The van der Waals surface area contributed by atoms with Crippen molar-refractivity contribution < 1.29 is 13.9 Å². The summed E-state index contributed by atoms with van der Waals surface area (Å²) in [4.78, 5) is 20.3. The van der Waals surface area contributed by atoms with Gasteiger partial charge in [-0.2, -0.15) is 4.98 Å². The van der Waals surface area contributed by atoms with Crippen LogP contribution in [0.4, 0.5) is 6.01 Å². The molecule has 0 atom stereocenters. The number of carbonyl (C=O) groups excluding carboxylic acids is 1. The Hall–Kier alpha value is -2.57. The maximum absolute atomic E-state index is 13.6. The average Bonchev–Trinajstić information content (AvgIpc) is 3.51. The molecule has 1 saturated heterocycles. The highest BCUT2D eigenvalue weighted by atomic mass is 35.5. The van der Waals surface area contributed by atoms with Crippen LogP contribution in [0.2, 0.25) is 5.02 Å². The summed E-state index contributed by atoms with van der Waals surface area (Å²) in [6.45, 7) is 2.97. The van der Waals surface area contributed by atoms with Gasteiger partial charge >= 0.3 is 0 Å². The predicted molar refractivity (Wildman–Crippen MR) is 130 cm³/mol. The molecule has 0 unspecified atom stereocenters. The smallest absolute Gasteiger partial charge is 0.295 e. The van der Waals surface area contributed by atoms with Crippen molar-refractivity contribution in [3.05, 3.63) is 58.6 Å². The fraction of sp³-hybridized carbons (Fsp3) is 0.462. The van der Waals surface area contributed by atoms with Gasteiger partial charge in [0.2, 0.25) is 0 Å². The number of benzene rings is 2. The van der Waals surface area contributed by atoms with Crippen LogP contribution < -0.4 is 5.32 Å². The zero-order valence-corrected chi connectivity index (χ0v) is 19.5. The molecule has 0 bridgehead atoms. The van der Waals surface area contributed by atoms with Gasteiger partial charge in [0.15, 0.2) is 5.58 Å². The Bertz CT molecular complexity index is 1100. The molecule has 5 rings (SSSR count). The maximum Gasteiger partial charge on any atom is 0.295 e. The summed E-state index contributed by atoms with van der Waals surface area (Å²) in [6, 6.07) is 14.0. The molecular formula is C26H30ClN3O3. The number of halogens is 1. The summed E-state index contributed by atoms with van der Waals surface area (Å²) < 4.78 is 11.4. The first-order chi connectivity index (χ1) is 16.2. The molecule has 3 aromatic rings. The van der Waals surface area contributed by atoms with Crippen LogP contribution in [0, 0.1) is 5.92 Å². The fourth-order valence-corrected chi connectivity index (χ4v) is 5.16. The molecule has 1 aliphatic heterocycles. The molecule has 174 valence electrons. The zero-order chi connectivity index (χ0) is 22.6. The first-order valence-electron chi connectivity index (χ1n) is 11.9. The van der Waals surface area contributed by atoms with E-state index in [9.17, 15) is 4.79 Å². The monoisotopic (exact) mass is 467 g/mol. The van der Waals surface area contributed by atoms with Crippen molar-refractivity contribution >= 4 is 34.6 Å². The molecule has 33 heavy (non-hydrogen) atoms. The molecule has 2 aromatic carbocycles. The number of amides is 1. The van der Waals surface area contributed by atoms with Crippen LogP contribution in [0.25, 0.3) is 11.1 Å². The van der Waals surface area contributed by atoms with Crippen LogP contribution in [-0.4, -0.2) is 41.6 Å². The number of aromatic nitrogens is 1. The van der Waals surface area contributed by atoms with E-state index in [4.69, 9.17) is 20.8 Å². The highest BCUT2D eigenvalue weighted by molar-refractivity contribution is 6.30. The van der Waals surface area contributed by atoms with Crippen molar-refractivity contribution in [2.24, 2.45) is 5.92 Å². The topological polar surface area (TPSA) is 67.6 Å². The molecule has 2 heterocycles. The van der Waals surface area contributed by atoms with E-state index in [2.05, 4.69) is 15.2 Å². The van der Waals surface area contributed by atoms with Crippen molar-refractivity contribution in [2.45, 2.75) is 51.1 Å². The van der Waals surface area contributed by atoms with Crippen molar-refractivity contribution in [1.82, 2.24) is 9.88 Å². The second-order valence-electron chi connectivity index (χ2n) is 9.14. The molecule has 2 fully saturated rings. The summed E-state index contributed by atoms with van der Waals surface area (Å²) in [7, 11) is 0. The lowest BCUT2D eigenvalue weighted by Crippen LogP contribution is -2.43. The summed E-state index contributed by atoms with van der Waals surface area (Å²) >= 11 is 6.06. The minimum absolute atomic E-state index is 0.103. The number of anilines is 1. The Morgan fingerprint density at radius 2 is 1.91 bits per heavy atom.